The molecule has 140 valence electrons. The Morgan fingerprint density at radius 2 is 2.08 bits per heavy atom. The molecule has 3 N–H and O–H groups in total. The molecule has 8 nitrogen and oxygen atoms in total. The van der Waals surface area contributed by atoms with E-state index >= 15 is 0 Å². The summed E-state index contributed by atoms with van der Waals surface area (Å²) in [6.07, 6.45) is 2.38. The van der Waals surface area contributed by atoms with Crippen molar-refractivity contribution in [2.24, 2.45) is 5.41 Å². The Morgan fingerprint density at radius 1 is 1.36 bits per heavy atom. The van der Waals surface area contributed by atoms with Crippen molar-refractivity contribution < 1.29 is 14.6 Å². The van der Waals surface area contributed by atoms with E-state index in [-0.39, 0.29) is 23.6 Å². The van der Waals surface area contributed by atoms with Gasteiger partial charge in [-0.2, -0.15) is 9.97 Å². The zero-order valence-electron chi connectivity index (χ0n) is 15.3. The number of piperidine rings is 1. The number of aliphatic hydroxyl groups excluding tert-OH is 1. The SMILES string of the molecule is COc1cc(N2CCC3(CC2)[C@@H](O)C[C@H]3OCCN(C)C)nc(N)n1. The van der Waals surface area contributed by atoms with Crippen LogP contribution in [0.15, 0.2) is 6.07 Å². The molecule has 3 rings (SSSR count). The molecule has 2 heterocycles. The number of likely N-dealkylation sites (N-methyl/N-ethyl adjacent to an activating group) is 1. The number of hydrogen-bond acceptors (Lipinski definition) is 8. The summed E-state index contributed by atoms with van der Waals surface area (Å²) in [6, 6.07) is 1.80. The minimum atomic E-state index is -0.274. The smallest absolute Gasteiger partial charge is 0.225 e. The fraction of sp³-hybridized carbons (Fsp3) is 0.765. The molecule has 0 amide bonds. The van der Waals surface area contributed by atoms with Gasteiger partial charge in [0.25, 0.3) is 0 Å². The fourth-order valence-corrected chi connectivity index (χ4v) is 3.84. The molecule has 0 aromatic carbocycles. The van der Waals surface area contributed by atoms with Crippen LogP contribution >= 0.6 is 0 Å². The van der Waals surface area contributed by atoms with Crippen LogP contribution in [0.4, 0.5) is 11.8 Å². The summed E-state index contributed by atoms with van der Waals surface area (Å²) in [5.74, 6) is 1.46. The summed E-state index contributed by atoms with van der Waals surface area (Å²) in [7, 11) is 5.64. The first kappa shape index (κ1) is 18.2. The molecule has 2 atom stereocenters. The minimum Gasteiger partial charge on any atom is -0.481 e. The number of hydrogen-bond donors (Lipinski definition) is 2. The van der Waals surface area contributed by atoms with E-state index in [0.717, 1.165) is 44.7 Å². The lowest BCUT2D eigenvalue weighted by Gasteiger charge is -2.56. The molecular weight excluding hydrogens is 322 g/mol. The van der Waals surface area contributed by atoms with Crippen LogP contribution in [-0.4, -0.2) is 79.6 Å². The van der Waals surface area contributed by atoms with Crippen LogP contribution < -0.4 is 15.4 Å². The highest BCUT2D eigenvalue weighted by Crippen LogP contribution is 2.51. The number of nitrogens with two attached hydrogens (primary N) is 1. The number of nitrogens with zero attached hydrogens (tertiary/aromatic N) is 4. The van der Waals surface area contributed by atoms with Gasteiger partial charge in [0.05, 0.1) is 25.9 Å². The summed E-state index contributed by atoms with van der Waals surface area (Å²) in [6.45, 7) is 3.22. The molecule has 0 unspecified atom stereocenters. The Bertz CT molecular complexity index is 590. The quantitative estimate of drug-likeness (QED) is 0.759. The molecule has 1 spiro atoms. The maximum Gasteiger partial charge on any atom is 0.225 e. The number of methoxy groups -OCH3 is 1. The highest BCUT2D eigenvalue weighted by atomic mass is 16.5. The van der Waals surface area contributed by atoms with Crippen LogP contribution in [0.3, 0.4) is 0 Å². The number of rotatable bonds is 6. The van der Waals surface area contributed by atoms with Gasteiger partial charge in [0.15, 0.2) is 0 Å². The summed E-state index contributed by atoms with van der Waals surface area (Å²) in [4.78, 5) is 12.6. The van der Waals surface area contributed by atoms with E-state index in [1.54, 1.807) is 13.2 Å². The van der Waals surface area contributed by atoms with E-state index in [2.05, 4.69) is 19.8 Å². The van der Waals surface area contributed by atoms with Crippen LogP contribution in [-0.2, 0) is 4.74 Å². The van der Waals surface area contributed by atoms with Crippen LogP contribution in [0.1, 0.15) is 19.3 Å². The average molecular weight is 351 g/mol. The van der Waals surface area contributed by atoms with Gasteiger partial charge in [-0.1, -0.05) is 0 Å². The largest absolute Gasteiger partial charge is 0.481 e. The van der Waals surface area contributed by atoms with E-state index < -0.39 is 0 Å². The van der Waals surface area contributed by atoms with Gasteiger partial charge in [0.1, 0.15) is 5.82 Å². The highest BCUT2D eigenvalue weighted by Gasteiger charge is 2.56. The van der Waals surface area contributed by atoms with Crippen molar-refractivity contribution in [3.05, 3.63) is 6.07 Å². The lowest BCUT2D eigenvalue weighted by atomic mass is 9.58. The van der Waals surface area contributed by atoms with Gasteiger partial charge in [-0.3, -0.25) is 0 Å². The van der Waals surface area contributed by atoms with E-state index in [4.69, 9.17) is 15.2 Å². The topological polar surface area (TPSA) is 97.0 Å². The van der Waals surface area contributed by atoms with Crippen LogP contribution in [0.2, 0.25) is 0 Å². The van der Waals surface area contributed by atoms with Crippen LogP contribution in [0.5, 0.6) is 5.88 Å². The molecule has 8 heteroatoms. The molecular formula is C17H29N5O3. The third-order valence-corrected chi connectivity index (χ3v) is 5.53. The Balaban J connectivity index is 1.61. The molecule has 2 fully saturated rings. The summed E-state index contributed by atoms with van der Waals surface area (Å²) >= 11 is 0. The molecule has 25 heavy (non-hydrogen) atoms. The molecule has 1 aliphatic heterocycles. The lowest BCUT2D eigenvalue weighted by molar-refractivity contribution is -0.202. The third kappa shape index (κ3) is 3.65. The van der Waals surface area contributed by atoms with E-state index in [0.29, 0.717) is 12.5 Å². The van der Waals surface area contributed by atoms with Gasteiger partial charge in [-0.15, -0.1) is 0 Å². The third-order valence-electron chi connectivity index (χ3n) is 5.53. The van der Waals surface area contributed by atoms with Crippen molar-refractivity contribution in [3.63, 3.8) is 0 Å². The molecule has 0 radical (unpaired) electrons. The second-order valence-corrected chi connectivity index (χ2v) is 7.26. The first-order chi connectivity index (χ1) is 11.9. The Kier molecular flexibility index (Phi) is 5.31. The number of ether oxygens (including phenoxy) is 2. The lowest BCUT2D eigenvalue weighted by Crippen LogP contribution is -2.62. The number of aliphatic hydroxyl groups is 1. The van der Waals surface area contributed by atoms with Gasteiger partial charge >= 0.3 is 0 Å². The predicted octanol–water partition coefficient (Wildman–Crippen LogP) is 0.365. The monoisotopic (exact) mass is 351 g/mol. The Labute approximate surface area is 148 Å². The molecule has 0 bridgehead atoms. The summed E-state index contributed by atoms with van der Waals surface area (Å²) in [5, 5.41) is 10.4. The van der Waals surface area contributed by atoms with E-state index in [9.17, 15) is 5.11 Å². The molecule has 1 aliphatic carbocycles. The average Bonchev–Trinajstić information content (AvgIpc) is 2.60. The molecule has 2 aliphatic rings. The van der Waals surface area contributed by atoms with Crippen molar-refractivity contribution in [2.75, 3.05) is 58.1 Å². The van der Waals surface area contributed by atoms with Crippen LogP contribution in [0, 0.1) is 5.41 Å². The minimum absolute atomic E-state index is 0.120. The Morgan fingerprint density at radius 3 is 2.68 bits per heavy atom. The molecule has 1 aromatic heterocycles. The zero-order valence-corrected chi connectivity index (χ0v) is 15.3. The van der Waals surface area contributed by atoms with E-state index in [1.165, 1.54) is 0 Å². The maximum absolute atomic E-state index is 10.4. The fourth-order valence-electron chi connectivity index (χ4n) is 3.84. The van der Waals surface area contributed by atoms with Gasteiger partial charge in [-0.25, -0.2) is 0 Å². The van der Waals surface area contributed by atoms with Gasteiger partial charge in [0, 0.05) is 37.5 Å². The zero-order chi connectivity index (χ0) is 18.0. The Hall–Kier alpha value is -1.64. The second-order valence-electron chi connectivity index (χ2n) is 7.26. The van der Waals surface area contributed by atoms with Crippen LogP contribution in [0.25, 0.3) is 0 Å². The number of aromatic nitrogens is 2. The van der Waals surface area contributed by atoms with Crippen molar-refractivity contribution in [3.8, 4) is 5.88 Å². The first-order valence-corrected chi connectivity index (χ1v) is 8.82. The van der Waals surface area contributed by atoms with Gasteiger partial charge < -0.3 is 30.1 Å². The summed E-state index contributed by atoms with van der Waals surface area (Å²) < 4.78 is 11.2. The molecule has 1 aromatic rings. The second kappa shape index (κ2) is 7.31. The highest BCUT2D eigenvalue weighted by molar-refractivity contribution is 5.46. The maximum atomic E-state index is 10.4. The standard InChI is InChI=1S/C17H29N5O3/c1-21(2)8-9-25-13-10-12(23)17(13)4-6-22(7-5-17)14-11-15(24-3)20-16(18)19-14/h11-13,23H,4-10H2,1-3H3,(H2,18,19,20)/t12-,13+/m0/s1. The predicted molar refractivity (Wildman–Crippen MR) is 95.8 cm³/mol. The summed E-state index contributed by atoms with van der Waals surface area (Å²) in [5.41, 5.74) is 5.64. The normalized spacial score (nSPS) is 25.2. The van der Waals surface area contributed by atoms with E-state index in [1.807, 2.05) is 14.1 Å². The number of nitrogen functional groups attached to an aromatic ring is 1. The number of anilines is 2. The van der Waals surface area contributed by atoms with Gasteiger partial charge in [0.2, 0.25) is 11.8 Å². The van der Waals surface area contributed by atoms with Crippen molar-refractivity contribution in [2.45, 2.75) is 31.5 Å². The molecule has 1 saturated carbocycles. The molecule has 1 saturated heterocycles. The van der Waals surface area contributed by atoms with Gasteiger partial charge in [-0.05, 0) is 26.9 Å². The van der Waals surface area contributed by atoms with Crippen molar-refractivity contribution >= 4 is 11.8 Å². The van der Waals surface area contributed by atoms with Crippen molar-refractivity contribution in [1.82, 2.24) is 14.9 Å². The first-order valence-electron chi connectivity index (χ1n) is 8.82. The van der Waals surface area contributed by atoms with Crippen molar-refractivity contribution in [1.29, 1.82) is 0 Å².